The van der Waals surface area contributed by atoms with Gasteiger partial charge in [-0.1, -0.05) is 30.3 Å². The van der Waals surface area contributed by atoms with E-state index < -0.39 is 5.82 Å². The fraction of sp³-hybridized carbons (Fsp3) is 0.238. The van der Waals surface area contributed by atoms with Crippen LogP contribution in [0.1, 0.15) is 24.3 Å². The standard InChI is InChI=1S/C21H21FN4O/c22-19-15-18(7-8-20(19)26-12-4-11-23-26)24-21(27)25-13-9-17(10-14-25)16-5-2-1-3-6-16/h1-8,11-12,15,17H,9-10,13-14H2,(H,24,27). The van der Waals surface area contributed by atoms with Gasteiger partial charge in [0.25, 0.3) is 0 Å². The number of hydrogen-bond acceptors (Lipinski definition) is 2. The number of benzene rings is 2. The monoisotopic (exact) mass is 364 g/mol. The third-order valence-electron chi connectivity index (χ3n) is 5.00. The van der Waals surface area contributed by atoms with Crippen LogP contribution in [0.4, 0.5) is 14.9 Å². The highest BCUT2D eigenvalue weighted by Crippen LogP contribution is 2.28. The van der Waals surface area contributed by atoms with E-state index in [0.717, 1.165) is 12.8 Å². The lowest BCUT2D eigenvalue weighted by Gasteiger charge is -2.32. The molecule has 1 fully saturated rings. The maximum Gasteiger partial charge on any atom is 0.321 e. The Bertz CT molecular complexity index is 903. The van der Waals surface area contributed by atoms with E-state index >= 15 is 0 Å². The zero-order chi connectivity index (χ0) is 18.6. The molecule has 1 N–H and O–H groups in total. The van der Waals surface area contributed by atoms with E-state index in [1.165, 1.54) is 16.3 Å². The molecule has 0 radical (unpaired) electrons. The summed E-state index contributed by atoms with van der Waals surface area (Å²) in [6, 6.07) is 16.6. The van der Waals surface area contributed by atoms with Crippen molar-refractivity contribution in [1.29, 1.82) is 0 Å². The second-order valence-corrected chi connectivity index (χ2v) is 6.72. The summed E-state index contributed by atoms with van der Waals surface area (Å²) in [6.45, 7) is 1.39. The summed E-state index contributed by atoms with van der Waals surface area (Å²) in [4.78, 5) is 14.3. The maximum absolute atomic E-state index is 14.3. The fourth-order valence-corrected chi connectivity index (χ4v) is 3.53. The van der Waals surface area contributed by atoms with Gasteiger partial charge in [-0.3, -0.25) is 0 Å². The van der Waals surface area contributed by atoms with Gasteiger partial charge in [0, 0.05) is 31.2 Å². The predicted octanol–water partition coefficient (Wildman–Crippen LogP) is 4.42. The van der Waals surface area contributed by atoms with Crippen molar-refractivity contribution in [3.63, 3.8) is 0 Å². The molecule has 3 aromatic rings. The van der Waals surface area contributed by atoms with Gasteiger partial charge in [0.15, 0.2) is 5.82 Å². The van der Waals surface area contributed by atoms with Gasteiger partial charge < -0.3 is 10.2 Å². The number of carbonyl (C=O) groups is 1. The van der Waals surface area contributed by atoms with Crippen molar-refractivity contribution < 1.29 is 9.18 Å². The first kappa shape index (κ1) is 17.3. The molecule has 138 valence electrons. The van der Waals surface area contributed by atoms with Crippen LogP contribution < -0.4 is 5.32 Å². The molecule has 1 saturated heterocycles. The fourth-order valence-electron chi connectivity index (χ4n) is 3.53. The predicted molar refractivity (Wildman–Crippen MR) is 103 cm³/mol. The van der Waals surface area contributed by atoms with Gasteiger partial charge in [0.2, 0.25) is 0 Å². The number of nitrogens with one attached hydrogen (secondary N) is 1. The Morgan fingerprint density at radius 1 is 1.07 bits per heavy atom. The van der Waals surface area contributed by atoms with Gasteiger partial charge in [0.1, 0.15) is 5.69 Å². The third kappa shape index (κ3) is 3.84. The van der Waals surface area contributed by atoms with E-state index in [4.69, 9.17) is 0 Å². The molecule has 0 atom stereocenters. The van der Waals surface area contributed by atoms with Gasteiger partial charge in [0.05, 0.1) is 0 Å². The molecule has 0 unspecified atom stereocenters. The number of halogens is 1. The zero-order valence-electron chi connectivity index (χ0n) is 14.9. The number of urea groups is 1. The summed E-state index contributed by atoms with van der Waals surface area (Å²) in [5.41, 5.74) is 2.12. The largest absolute Gasteiger partial charge is 0.324 e. The molecule has 0 aliphatic carbocycles. The highest BCUT2D eigenvalue weighted by molar-refractivity contribution is 5.89. The van der Waals surface area contributed by atoms with E-state index in [1.54, 1.807) is 35.5 Å². The van der Waals surface area contributed by atoms with Crippen LogP contribution in [0, 0.1) is 5.82 Å². The Balaban J connectivity index is 1.36. The van der Waals surface area contributed by atoms with Crippen molar-refractivity contribution >= 4 is 11.7 Å². The zero-order valence-corrected chi connectivity index (χ0v) is 14.9. The summed E-state index contributed by atoms with van der Waals surface area (Å²) < 4.78 is 15.8. The lowest BCUT2D eigenvalue weighted by Crippen LogP contribution is -2.40. The summed E-state index contributed by atoms with van der Waals surface area (Å²) in [5.74, 6) is 0.0559. The van der Waals surface area contributed by atoms with Crippen molar-refractivity contribution in [3.05, 3.63) is 78.4 Å². The quantitative estimate of drug-likeness (QED) is 0.748. The van der Waals surface area contributed by atoms with Crippen LogP contribution in [0.25, 0.3) is 5.69 Å². The number of likely N-dealkylation sites (tertiary alicyclic amines) is 1. The molecule has 6 heteroatoms. The molecule has 1 aliphatic heterocycles. The minimum atomic E-state index is -0.431. The molecule has 0 bridgehead atoms. The van der Waals surface area contributed by atoms with E-state index in [9.17, 15) is 9.18 Å². The molecular formula is C21H21FN4O. The van der Waals surface area contributed by atoms with E-state index in [0.29, 0.717) is 30.4 Å². The summed E-state index contributed by atoms with van der Waals surface area (Å²) in [7, 11) is 0. The van der Waals surface area contributed by atoms with Crippen molar-refractivity contribution in [2.45, 2.75) is 18.8 Å². The molecule has 5 nitrogen and oxygen atoms in total. The van der Waals surface area contributed by atoms with Crippen LogP contribution in [-0.4, -0.2) is 33.8 Å². The lowest BCUT2D eigenvalue weighted by molar-refractivity contribution is 0.194. The third-order valence-corrected chi connectivity index (χ3v) is 5.00. The SMILES string of the molecule is O=C(Nc1ccc(-n2cccn2)c(F)c1)N1CCC(c2ccccc2)CC1. The highest BCUT2D eigenvalue weighted by atomic mass is 19.1. The van der Waals surface area contributed by atoms with Crippen LogP contribution in [0.15, 0.2) is 67.0 Å². The summed E-state index contributed by atoms with van der Waals surface area (Å²) >= 11 is 0. The molecule has 4 rings (SSSR count). The Morgan fingerprint density at radius 2 is 1.85 bits per heavy atom. The first-order valence-corrected chi connectivity index (χ1v) is 9.11. The van der Waals surface area contributed by atoms with Gasteiger partial charge in [-0.25, -0.2) is 13.9 Å². The van der Waals surface area contributed by atoms with Crippen molar-refractivity contribution in [3.8, 4) is 5.69 Å². The van der Waals surface area contributed by atoms with Crippen LogP contribution >= 0.6 is 0 Å². The normalized spacial score (nSPS) is 14.9. The average Bonchev–Trinajstić information content (AvgIpc) is 3.23. The second-order valence-electron chi connectivity index (χ2n) is 6.72. The van der Waals surface area contributed by atoms with Crippen molar-refractivity contribution in [2.24, 2.45) is 0 Å². The number of rotatable bonds is 3. The smallest absolute Gasteiger partial charge is 0.321 e. The first-order chi connectivity index (χ1) is 13.2. The number of piperidine rings is 1. The second kappa shape index (κ2) is 7.61. The number of hydrogen-bond donors (Lipinski definition) is 1. The summed E-state index contributed by atoms with van der Waals surface area (Å²) in [6.07, 6.45) is 5.13. The van der Waals surface area contributed by atoms with E-state index in [2.05, 4.69) is 34.7 Å². The topological polar surface area (TPSA) is 50.2 Å². The minimum absolute atomic E-state index is 0.187. The Labute approximate surface area is 157 Å². The molecule has 1 aromatic heterocycles. The molecule has 27 heavy (non-hydrogen) atoms. The first-order valence-electron chi connectivity index (χ1n) is 9.11. The van der Waals surface area contributed by atoms with E-state index in [1.807, 2.05) is 6.07 Å². The number of amides is 2. The lowest BCUT2D eigenvalue weighted by atomic mass is 9.90. The number of aromatic nitrogens is 2. The molecule has 0 saturated carbocycles. The molecule has 2 aromatic carbocycles. The number of nitrogens with zero attached hydrogens (tertiary/aromatic N) is 3. The minimum Gasteiger partial charge on any atom is -0.324 e. The van der Waals surface area contributed by atoms with Crippen molar-refractivity contribution in [2.75, 3.05) is 18.4 Å². The van der Waals surface area contributed by atoms with Crippen LogP contribution in [0.3, 0.4) is 0 Å². The number of anilines is 1. The maximum atomic E-state index is 14.3. The van der Waals surface area contributed by atoms with Crippen LogP contribution in [0.2, 0.25) is 0 Å². The van der Waals surface area contributed by atoms with Gasteiger partial charge in [-0.05, 0) is 48.6 Å². The molecule has 2 amide bonds. The molecule has 1 aliphatic rings. The Morgan fingerprint density at radius 3 is 2.52 bits per heavy atom. The molecule has 2 heterocycles. The van der Waals surface area contributed by atoms with Crippen LogP contribution in [0.5, 0.6) is 0 Å². The molecule has 0 spiro atoms. The number of carbonyl (C=O) groups excluding carboxylic acids is 1. The highest BCUT2D eigenvalue weighted by Gasteiger charge is 2.23. The average molecular weight is 364 g/mol. The molecular weight excluding hydrogens is 343 g/mol. The van der Waals surface area contributed by atoms with E-state index in [-0.39, 0.29) is 6.03 Å². The summed E-state index contributed by atoms with van der Waals surface area (Å²) in [5, 5.41) is 6.82. The van der Waals surface area contributed by atoms with Gasteiger partial charge >= 0.3 is 6.03 Å². The van der Waals surface area contributed by atoms with Crippen LogP contribution in [-0.2, 0) is 0 Å². The van der Waals surface area contributed by atoms with Gasteiger partial charge in [-0.2, -0.15) is 5.10 Å². The van der Waals surface area contributed by atoms with Crippen molar-refractivity contribution in [1.82, 2.24) is 14.7 Å². The Hall–Kier alpha value is -3.15. The van der Waals surface area contributed by atoms with Gasteiger partial charge in [-0.15, -0.1) is 0 Å². The Kier molecular flexibility index (Phi) is 4.87.